The maximum atomic E-state index is 13.3. The minimum absolute atomic E-state index is 0.0458. The number of halogens is 1. The summed E-state index contributed by atoms with van der Waals surface area (Å²) >= 11 is 0. The Balaban J connectivity index is 2.03. The quantitative estimate of drug-likeness (QED) is 0.622. The van der Waals surface area contributed by atoms with Crippen molar-refractivity contribution in [2.24, 2.45) is 4.99 Å². The largest absolute Gasteiger partial charge is 0.284 e. The third kappa shape index (κ3) is 2.18. The van der Waals surface area contributed by atoms with Gasteiger partial charge in [0.15, 0.2) is 0 Å². The second kappa shape index (κ2) is 4.85. The van der Waals surface area contributed by atoms with E-state index in [0.29, 0.717) is 13.0 Å². The van der Waals surface area contributed by atoms with E-state index < -0.39 is 4.92 Å². The minimum Gasteiger partial charge on any atom is -0.284 e. The summed E-state index contributed by atoms with van der Waals surface area (Å²) in [6.45, 7) is 0.600. The van der Waals surface area contributed by atoms with Crippen molar-refractivity contribution in [2.45, 2.75) is 6.42 Å². The molecule has 0 fully saturated rings. The van der Waals surface area contributed by atoms with Gasteiger partial charge in [-0.25, -0.2) is 4.39 Å². The first kappa shape index (κ1) is 12.5. The van der Waals surface area contributed by atoms with Crippen molar-refractivity contribution in [3.05, 3.63) is 75.1 Å². The smallest absolute Gasteiger partial charge is 0.269 e. The summed E-state index contributed by atoms with van der Waals surface area (Å²) in [4.78, 5) is 14.7. The molecule has 20 heavy (non-hydrogen) atoms. The maximum Gasteiger partial charge on any atom is 0.269 e. The van der Waals surface area contributed by atoms with Gasteiger partial charge in [-0.3, -0.25) is 15.1 Å². The van der Waals surface area contributed by atoms with Crippen molar-refractivity contribution in [1.29, 1.82) is 0 Å². The first-order valence-electron chi connectivity index (χ1n) is 6.23. The van der Waals surface area contributed by atoms with Gasteiger partial charge in [0.05, 0.1) is 10.6 Å². The highest BCUT2D eigenvalue weighted by atomic mass is 19.1. The predicted octanol–water partition coefficient (Wildman–Crippen LogP) is 3.13. The number of nitro benzene ring substituents is 1. The van der Waals surface area contributed by atoms with Crippen LogP contribution in [0.3, 0.4) is 0 Å². The van der Waals surface area contributed by atoms with Gasteiger partial charge in [-0.2, -0.15) is 0 Å². The highest BCUT2D eigenvalue weighted by Gasteiger charge is 2.17. The zero-order valence-corrected chi connectivity index (χ0v) is 10.5. The summed E-state index contributed by atoms with van der Waals surface area (Å²) in [5, 5.41) is 10.7. The van der Waals surface area contributed by atoms with Crippen LogP contribution in [0.5, 0.6) is 0 Å². The number of aliphatic imine (C=N–C) groups is 1. The van der Waals surface area contributed by atoms with Crippen molar-refractivity contribution < 1.29 is 9.31 Å². The van der Waals surface area contributed by atoms with Gasteiger partial charge in [0.1, 0.15) is 5.82 Å². The number of fused-ring (bicyclic) bond motifs is 1. The number of nitrogens with zero attached hydrogens (tertiary/aromatic N) is 2. The molecule has 0 spiro atoms. The molecule has 0 aromatic heterocycles. The molecular weight excluding hydrogens is 259 g/mol. The van der Waals surface area contributed by atoms with Crippen molar-refractivity contribution in [1.82, 2.24) is 0 Å². The van der Waals surface area contributed by atoms with Gasteiger partial charge in [0.25, 0.3) is 5.69 Å². The fourth-order valence-corrected chi connectivity index (χ4v) is 2.36. The van der Waals surface area contributed by atoms with E-state index in [-0.39, 0.29) is 11.5 Å². The number of non-ortho nitro benzene ring substituents is 1. The Bertz CT molecular complexity index is 708. The SMILES string of the molecule is O=[N+]([O-])c1ccc(C2=NCCc3cc(F)ccc32)cc1. The Morgan fingerprint density at radius 2 is 1.90 bits per heavy atom. The number of rotatable bonds is 2. The molecule has 0 aliphatic carbocycles. The molecular formula is C15H11FN2O2. The van der Waals surface area contributed by atoms with Crippen LogP contribution >= 0.6 is 0 Å². The molecule has 1 aliphatic heterocycles. The van der Waals surface area contributed by atoms with Gasteiger partial charge >= 0.3 is 0 Å². The molecule has 0 radical (unpaired) electrons. The zero-order chi connectivity index (χ0) is 14.1. The lowest BCUT2D eigenvalue weighted by Crippen LogP contribution is -2.14. The van der Waals surface area contributed by atoms with E-state index in [1.165, 1.54) is 24.3 Å². The second-order valence-electron chi connectivity index (χ2n) is 4.59. The first-order valence-corrected chi connectivity index (χ1v) is 6.23. The van der Waals surface area contributed by atoms with Crippen LogP contribution in [0.4, 0.5) is 10.1 Å². The molecule has 2 aromatic carbocycles. The van der Waals surface area contributed by atoms with Gasteiger partial charge in [-0.1, -0.05) is 0 Å². The Labute approximate surface area is 114 Å². The minimum atomic E-state index is -0.435. The topological polar surface area (TPSA) is 55.5 Å². The number of benzene rings is 2. The van der Waals surface area contributed by atoms with E-state index in [1.54, 1.807) is 18.2 Å². The van der Waals surface area contributed by atoms with Crippen LogP contribution in [0.1, 0.15) is 16.7 Å². The first-order chi connectivity index (χ1) is 9.65. The second-order valence-corrected chi connectivity index (χ2v) is 4.59. The van der Waals surface area contributed by atoms with E-state index in [0.717, 1.165) is 22.4 Å². The summed E-state index contributed by atoms with van der Waals surface area (Å²) in [6.07, 6.45) is 0.712. The van der Waals surface area contributed by atoms with E-state index in [4.69, 9.17) is 0 Å². The highest BCUT2D eigenvalue weighted by Crippen LogP contribution is 2.22. The zero-order valence-electron chi connectivity index (χ0n) is 10.5. The monoisotopic (exact) mass is 270 g/mol. The molecule has 3 rings (SSSR count). The fourth-order valence-electron chi connectivity index (χ4n) is 2.36. The van der Waals surface area contributed by atoms with Gasteiger partial charge < -0.3 is 0 Å². The third-order valence-corrected chi connectivity index (χ3v) is 3.33. The van der Waals surface area contributed by atoms with E-state index in [9.17, 15) is 14.5 Å². The fraction of sp³-hybridized carbons (Fsp3) is 0.133. The van der Waals surface area contributed by atoms with Crippen LogP contribution in [0, 0.1) is 15.9 Å². The summed E-state index contributed by atoms with van der Waals surface area (Å²) in [6, 6.07) is 10.9. The van der Waals surface area contributed by atoms with Crippen molar-refractivity contribution in [2.75, 3.05) is 6.54 Å². The third-order valence-electron chi connectivity index (χ3n) is 3.33. The number of nitro groups is 1. The van der Waals surface area contributed by atoms with Crippen LogP contribution in [0.2, 0.25) is 0 Å². The molecule has 0 saturated heterocycles. The molecule has 0 unspecified atom stereocenters. The lowest BCUT2D eigenvalue weighted by Gasteiger charge is -2.17. The van der Waals surface area contributed by atoms with E-state index in [1.807, 2.05) is 0 Å². The molecule has 5 heteroatoms. The van der Waals surface area contributed by atoms with Crippen LogP contribution in [-0.4, -0.2) is 17.2 Å². The Hall–Kier alpha value is -2.56. The molecule has 0 saturated carbocycles. The van der Waals surface area contributed by atoms with E-state index in [2.05, 4.69) is 4.99 Å². The average molecular weight is 270 g/mol. The molecule has 100 valence electrons. The summed E-state index contributed by atoms with van der Waals surface area (Å²) in [5.74, 6) is -0.256. The van der Waals surface area contributed by atoms with Crippen molar-refractivity contribution >= 4 is 11.4 Å². The molecule has 0 N–H and O–H groups in total. The van der Waals surface area contributed by atoms with E-state index >= 15 is 0 Å². The van der Waals surface area contributed by atoms with Gasteiger partial charge in [0.2, 0.25) is 0 Å². The summed E-state index contributed by atoms with van der Waals surface area (Å²) in [5.41, 5.74) is 3.44. The average Bonchev–Trinajstić information content (AvgIpc) is 2.46. The van der Waals surface area contributed by atoms with Crippen LogP contribution in [0.25, 0.3) is 0 Å². The Morgan fingerprint density at radius 1 is 1.15 bits per heavy atom. The molecule has 0 bridgehead atoms. The molecule has 4 nitrogen and oxygen atoms in total. The van der Waals surface area contributed by atoms with Crippen LogP contribution in [0.15, 0.2) is 47.5 Å². The Morgan fingerprint density at radius 3 is 2.60 bits per heavy atom. The van der Waals surface area contributed by atoms with Crippen molar-refractivity contribution in [3.63, 3.8) is 0 Å². The number of hydrogen-bond donors (Lipinski definition) is 0. The predicted molar refractivity (Wildman–Crippen MR) is 73.7 cm³/mol. The number of hydrogen-bond acceptors (Lipinski definition) is 3. The van der Waals surface area contributed by atoms with Gasteiger partial charge in [-0.05, 0) is 42.3 Å². The lowest BCUT2D eigenvalue weighted by molar-refractivity contribution is -0.384. The highest BCUT2D eigenvalue weighted by molar-refractivity contribution is 6.14. The van der Waals surface area contributed by atoms with Crippen LogP contribution < -0.4 is 0 Å². The van der Waals surface area contributed by atoms with Crippen molar-refractivity contribution in [3.8, 4) is 0 Å². The molecule has 0 amide bonds. The summed E-state index contributed by atoms with van der Waals surface area (Å²) in [7, 11) is 0. The standard InChI is InChI=1S/C15H11FN2O2/c16-12-3-6-14-11(9-12)7-8-17-15(14)10-1-4-13(5-2-10)18(19)20/h1-6,9H,7-8H2. The molecule has 1 heterocycles. The Kier molecular flexibility index (Phi) is 3.02. The maximum absolute atomic E-state index is 13.3. The van der Waals surface area contributed by atoms with Gasteiger partial charge in [-0.15, -0.1) is 0 Å². The molecule has 1 aliphatic rings. The molecule has 2 aromatic rings. The molecule has 0 atom stereocenters. The summed E-state index contributed by atoms with van der Waals surface area (Å²) < 4.78 is 13.3. The lowest BCUT2D eigenvalue weighted by atomic mass is 9.93. The van der Waals surface area contributed by atoms with Crippen LogP contribution in [-0.2, 0) is 6.42 Å². The van der Waals surface area contributed by atoms with Gasteiger partial charge in [0, 0.05) is 29.8 Å². The normalized spacial score (nSPS) is 13.6.